The first-order valence-corrected chi connectivity index (χ1v) is 7.74. The van der Waals surface area contributed by atoms with Gasteiger partial charge in [-0.15, -0.1) is 0 Å². The van der Waals surface area contributed by atoms with Crippen LogP contribution in [0.3, 0.4) is 0 Å². The third-order valence-corrected chi connectivity index (χ3v) is 4.31. The average molecular weight is 300 g/mol. The number of hydrogen-bond acceptors (Lipinski definition) is 2. The van der Waals surface area contributed by atoms with Gasteiger partial charge in [0.25, 0.3) is 0 Å². The number of rotatable bonds is 1. The predicted molar refractivity (Wildman–Crippen MR) is 86.0 cm³/mol. The molecule has 0 saturated heterocycles. The van der Waals surface area contributed by atoms with Crippen molar-refractivity contribution >= 4 is 17.4 Å². The zero-order valence-corrected chi connectivity index (χ0v) is 13.1. The van der Waals surface area contributed by atoms with E-state index in [1.165, 1.54) is 0 Å². The Balaban J connectivity index is 2.25. The molecule has 1 aromatic carbocycles. The van der Waals surface area contributed by atoms with E-state index >= 15 is 0 Å². The molecule has 0 radical (unpaired) electrons. The molecule has 0 N–H and O–H groups in total. The molecule has 3 rings (SSSR count). The van der Waals surface area contributed by atoms with Gasteiger partial charge in [-0.3, -0.25) is 4.79 Å². The molecule has 3 heteroatoms. The third kappa shape index (κ3) is 2.73. The zero-order chi connectivity index (χ0) is 15.0. The molecule has 0 saturated carbocycles. The summed E-state index contributed by atoms with van der Waals surface area (Å²) in [6.07, 6.45) is 3.53. The topological polar surface area (TPSA) is 30.0 Å². The Kier molecular flexibility index (Phi) is 3.81. The molecular formula is C18H18ClNO. The summed E-state index contributed by atoms with van der Waals surface area (Å²) in [5.41, 5.74) is 6.10. The SMILES string of the molecule is Cc1cc(-c2ccc(Cl)cc2C)c2c(n1)C(=O)CCCC2. The minimum Gasteiger partial charge on any atom is -0.292 e. The molecule has 2 aromatic rings. The Hall–Kier alpha value is -1.67. The van der Waals surface area contributed by atoms with Crippen molar-refractivity contribution in [3.63, 3.8) is 0 Å². The van der Waals surface area contributed by atoms with E-state index < -0.39 is 0 Å². The average Bonchev–Trinajstić information content (AvgIpc) is 2.61. The molecule has 0 fully saturated rings. The number of aromatic nitrogens is 1. The summed E-state index contributed by atoms with van der Waals surface area (Å²) in [4.78, 5) is 16.8. The molecule has 0 amide bonds. The van der Waals surface area contributed by atoms with Gasteiger partial charge in [0.15, 0.2) is 5.78 Å². The summed E-state index contributed by atoms with van der Waals surface area (Å²) in [5.74, 6) is 0.180. The molecule has 0 spiro atoms. The first-order valence-electron chi connectivity index (χ1n) is 7.36. The van der Waals surface area contributed by atoms with Gasteiger partial charge in [-0.2, -0.15) is 0 Å². The number of halogens is 1. The number of pyridine rings is 1. The van der Waals surface area contributed by atoms with Crippen LogP contribution < -0.4 is 0 Å². The van der Waals surface area contributed by atoms with Crippen LogP contribution in [0.2, 0.25) is 5.02 Å². The van der Waals surface area contributed by atoms with E-state index in [1.54, 1.807) is 0 Å². The summed E-state index contributed by atoms with van der Waals surface area (Å²) >= 11 is 6.06. The highest BCUT2D eigenvalue weighted by atomic mass is 35.5. The first kappa shape index (κ1) is 14.3. The molecule has 0 unspecified atom stereocenters. The van der Waals surface area contributed by atoms with Crippen molar-refractivity contribution in [2.75, 3.05) is 0 Å². The number of Topliss-reactive ketones (excluding diaryl/α,β-unsaturated/α-hetero) is 1. The highest BCUT2D eigenvalue weighted by molar-refractivity contribution is 6.30. The fourth-order valence-corrected chi connectivity index (χ4v) is 3.29. The maximum Gasteiger partial charge on any atom is 0.181 e. The van der Waals surface area contributed by atoms with Crippen LogP contribution in [0.15, 0.2) is 24.3 Å². The molecule has 21 heavy (non-hydrogen) atoms. The van der Waals surface area contributed by atoms with E-state index in [1.807, 2.05) is 25.1 Å². The number of carbonyl (C=O) groups excluding carboxylic acids is 1. The van der Waals surface area contributed by atoms with Gasteiger partial charge in [0.2, 0.25) is 0 Å². The molecule has 0 atom stereocenters. The second kappa shape index (κ2) is 5.61. The van der Waals surface area contributed by atoms with Crippen molar-refractivity contribution in [3.05, 3.63) is 51.8 Å². The number of fused-ring (bicyclic) bond motifs is 1. The van der Waals surface area contributed by atoms with Crippen LogP contribution in [0.25, 0.3) is 11.1 Å². The van der Waals surface area contributed by atoms with Crippen LogP contribution >= 0.6 is 11.6 Å². The molecule has 0 aliphatic heterocycles. The monoisotopic (exact) mass is 299 g/mol. The summed E-state index contributed by atoms with van der Waals surface area (Å²) in [5, 5.41) is 0.740. The van der Waals surface area contributed by atoms with E-state index in [-0.39, 0.29) is 5.78 Å². The minimum atomic E-state index is 0.180. The van der Waals surface area contributed by atoms with Crippen LogP contribution in [0.5, 0.6) is 0 Å². The second-order valence-electron chi connectivity index (χ2n) is 5.73. The van der Waals surface area contributed by atoms with E-state index in [2.05, 4.69) is 18.0 Å². The van der Waals surface area contributed by atoms with Crippen LogP contribution in [0.1, 0.15) is 46.6 Å². The van der Waals surface area contributed by atoms with Crippen molar-refractivity contribution in [2.45, 2.75) is 39.5 Å². The van der Waals surface area contributed by atoms with Gasteiger partial charge >= 0.3 is 0 Å². The van der Waals surface area contributed by atoms with Gasteiger partial charge in [0.05, 0.1) is 0 Å². The maximum absolute atomic E-state index is 12.3. The summed E-state index contributed by atoms with van der Waals surface area (Å²) in [6.45, 7) is 4.01. The second-order valence-corrected chi connectivity index (χ2v) is 6.16. The van der Waals surface area contributed by atoms with Crippen molar-refractivity contribution in [1.29, 1.82) is 0 Å². The Bertz CT molecular complexity index is 721. The molecular weight excluding hydrogens is 282 g/mol. The molecule has 1 aliphatic rings. The van der Waals surface area contributed by atoms with Crippen molar-refractivity contribution in [3.8, 4) is 11.1 Å². The lowest BCUT2D eigenvalue weighted by molar-refractivity contribution is 0.0977. The van der Waals surface area contributed by atoms with Gasteiger partial charge in [-0.1, -0.05) is 17.7 Å². The molecule has 0 bridgehead atoms. The predicted octanol–water partition coefficient (Wildman–Crippen LogP) is 4.93. The third-order valence-electron chi connectivity index (χ3n) is 4.08. The lowest BCUT2D eigenvalue weighted by Gasteiger charge is -2.15. The van der Waals surface area contributed by atoms with Gasteiger partial charge in [-0.05, 0) is 73.6 Å². The maximum atomic E-state index is 12.3. The van der Waals surface area contributed by atoms with Crippen molar-refractivity contribution < 1.29 is 4.79 Å². The normalized spacial score (nSPS) is 14.7. The molecule has 1 aromatic heterocycles. The molecule has 1 aliphatic carbocycles. The quantitative estimate of drug-likeness (QED) is 0.699. The molecule has 108 valence electrons. The van der Waals surface area contributed by atoms with Gasteiger partial charge < -0.3 is 0 Å². The van der Waals surface area contributed by atoms with Gasteiger partial charge in [-0.25, -0.2) is 4.98 Å². The highest BCUT2D eigenvalue weighted by Crippen LogP contribution is 2.33. The van der Waals surface area contributed by atoms with Gasteiger partial charge in [0.1, 0.15) is 5.69 Å². The molecule has 1 heterocycles. The minimum absolute atomic E-state index is 0.180. The zero-order valence-electron chi connectivity index (χ0n) is 12.4. The number of aryl methyl sites for hydroxylation is 2. The largest absolute Gasteiger partial charge is 0.292 e. The van der Waals surface area contributed by atoms with Gasteiger partial charge in [0, 0.05) is 17.1 Å². The van der Waals surface area contributed by atoms with Crippen LogP contribution in [0, 0.1) is 13.8 Å². The summed E-state index contributed by atoms with van der Waals surface area (Å²) in [7, 11) is 0. The Morgan fingerprint density at radius 2 is 1.81 bits per heavy atom. The number of benzene rings is 1. The van der Waals surface area contributed by atoms with E-state index in [9.17, 15) is 4.79 Å². The Morgan fingerprint density at radius 3 is 2.57 bits per heavy atom. The number of nitrogens with zero attached hydrogens (tertiary/aromatic N) is 1. The van der Waals surface area contributed by atoms with Crippen molar-refractivity contribution in [2.24, 2.45) is 0 Å². The number of carbonyl (C=O) groups is 1. The Morgan fingerprint density at radius 1 is 1.05 bits per heavy atom. The fourth-order valence-electron chi connectivity index (χ4n) is 3.06. The van der Waals surface area contributed by atoms with Crippen LogP contribution in [-0.4, -0.2) is 10.8 Å². The number of hydrogen-bond donors (Lipinski definition) is 0. The van der Waals surface area contributed by atoms with Crippen molar-refractivity contribution in [1.82, 2.24) is 4.98 Å². The fraction of sp³-hybridized carbons (Fsp3) is 0.333. The smallest absolute Gasteiger partial charge is 0.181 e. The Labute approximate surface area is 130 Å². The summed E-state index contributed by atoms with van der Waals surface area (Å²) < 4.78 is 0. The van der Waals surface area contributed by atoms with Crippen LogP contribution in [0.4, 0.5) is 0 Å². The number of ketones is 1. The standard InChI is InChI=1S/C18H18ClNO/c1-11-9-13(19)7-8-14(11)16-10-12(2)20-18-15(16)5-3-4-6-17(18)21/h7-10H,3-6H2,1-2H3. The van der Waals surface area contributed by atoms with Crippen LogP contribution in [-0.2, 0) is 6.42 Å². The highest BCUT2D eigenvalue weighted by Gasteiger charge is 2.21. The molecule has 2 nitrogen and oxygen atoms in total. The summed E-state index contributed by atoms with van der Waals surface area (Å²) in [6, 6.07) is 8.01. The van der Waals surface area contributed by atoms with E-state index in [0.29, 0.717) is 12.1 Å². The van der Waals surface area contributed by atoms with E-state index in [0.717, 1.165) is 52.2 Å². The lowest BCUT2D eigenvalue weighted by atomic mass is 9.92. The first-order chi connectivity index (χ1) is 10.1. The lowest BCUT2D eigenvalue weighted by Crippen LogP contribution is -2.07. The van der Waals surface area contributed by atoms with E-state index in [4.69, 9.17) is 11.6 Å².